The number of amides is 7. The number of cyclic esters (lactones) is 1. The van der Waals surface area contributed by atoms with Crippen LogP contribution in [0.15, 0.2) is 65.5 Å². The zero-order chi connectivity index (χ0) is 50.3. The third-order valence-corrected chi connectivity index (χ3v) is 12.4. The molecule has 0 saturated heterocycles. The highest BCUT2D eigenvalue weighted by Crippen LogP contribution is 2.41. The molecule has 3 aliphatic heterocycles. The second-order valence-corrected chi connectivity index (χ2v) is 17.2. The summed E-state index contributed by atoms with van der Waals surface area (Å²) in [5.74, 6) is -4.98. The normalized spacial score (nSPS) is 16.0. The Morgan fingerprint density at radius 2 is 1.64 bits per heavy atom. The van der Waals surface area contributed by atoms with Crippen LogP contribution in [0, 0.1) is 12.7 Å². The predicted molar refractivity (Wildman–Crippen MR) is 247 cm³/mol. The van der Waals surface area contributed by atoms with Crippen molar-refractivity contribution in [1.82, 2.24) is 40.6 Å². The van der Waals surface area contributed by atoms with E-state index in [1.54, 1.807) is 26.0 Å². The number of nitrogens with one attached hydrogen (secondary N) is 4. The molecule has 0 unspecified atom stereocenters. The second kappa shape index (κ2) is 21.8. The van der Waals surface area contributed by atoms with Crippen LogP contribution in [0.2, 0.25) is 0 Å². The van der Waals surface area contributed by atoms with Crippen molar-refractivity contribution in [3.05, 3.63) is 110 Å². The fourth-order valence-corrected chi connectivity index (χ4v) is 8.45. The molecule has 0 fully saturated rings. The summed E-state index contributed by atoms with van der Waals surface area (Å²) in [7, 11) is 0. The standard InChI is InChI=1S/C49H53FN8O12/c1-4-49(68)35-18-38-45-33(24-58(38)47(66)34(35)25-70-48(49)67)32(31-17-28(2)36(50)19-37(31)55-45)23-56(22-30-11-7-5-8-12-30)44(64)26-69-27-53-40(60)20-52-46(65)29(3)54-41(61)21-51-39(59)13-9-6-10-16-57-42(62)14-15-43(57)63/h5,7-8,11-12,14-15,17-19,29,68H,4,6,9-10,13,16,20-27H2,1-3H3,(H,51,59)(H,52,65)(H,53,60)(H,54,61)/t29-,49-/m0/s1. The van der Waals surface area contributed by atoms with Crippen LogP contribution in [-0.2, 0) is 79.7 Å². The summed E-state index contributed by atoms with van der Waals surface area (Å²) in [4.78, 5) is 121. The Bertz CT molecular complexity index is 2850. The van der Waals surface area contributed by atoms with E-state index in [0.29, 0.717) is 52.7 Å². The third-order valence-electron chi connectivity index (χ3n) is 12.4. The number of imide groups is 1. The highest BCUT2D eigenvalue weighted by atomic mass is 19.1. The summed E-state index contributed by atoms with van der Waals surface area (Å²) in [6.07, 6.45) is 4.06. The first-order chi connectivity index (χ1) is 33.5. The van der Waals surface area contributed by atoms with Gasteiger partial charge in [-0.15, -0.1) is 0 Å². The summed E-state index contributed by atoms with van der Waals surface area (Å²) in [6.45, 7) is 2.84. The molecule has 0 bridgehead atoms. The molecule has 5 N–H and O–H groups in total. The largest absolute Gasteiger partial charge is 0.458 e. The Morgan fingerprint density at radius 1 is 0.914 bits per heavy atom. The van der Waals surface area contributed by atoms with Gasteiger partial charge in [0, 0.05) is 60.8 Å². The molecule has 2 atom stereocenters. The number of aliphatic hydroxyl groups is 1. The van der Waals surface area contributed by atoms with Gasteiger partial charge in [0.2, 0.25) is 29.5 Å². The van der Waals surface area contributed by atoms with Crippen molar-refractivity contribution < 1.29 is 57.3 Å². The first-order valence-electron chi connectivity index (χ1n) is 22.8. The smallest absolute Gasteiger partial charge is 0.343 e. The number of benzene rings is 2. The number of hydrogen-bond acceptors (Lipinski definition) is 13. The number of pyridine rings is 2. The molecule has 0 spiro atoms. The molecule has 5 heterocycles. The quantitative estimate of drug-likeness (QED) is 0.0302. The van der Waals surface area contributed by atoms with Gasteiger partial charge in [-0.25, -0.2) is 14.2 Å². The summed E-state index contributed by atoms with van der Waals surface area (Å²) in [5, 5.41) is 21.7. The van der Waals surface area contributed by atoms with E-state index in [1.165, 1.54) is 34.6 Å². The maximum absolute atomic E-state index is 15.2. The number of halogens is 1. The number of fused-ring (bicyclic) bond motifs is 5. The van der Waals surface area contributed by atoms with Crippen LogP contribution >= 0.6 is 0 Å². The van der Waals surface area contributed by atoms with Crippen LogP contribution in [0.1, 0.15) is 79.3 Å². The van der Waals surface area contributed by atoms with Crippen molar-refractivity contribution in [2.75, 3.05) is 33.0 Å². The van der Waals surface area contributed by atoms with Crippen LogP contribution in [-0.4, -0.2) is 111 Å². The fourth-order valence-electron chi connectivity index (χ4n) is 8.45. The number of carbonyl (C=O) groups excluding carboxylic acids is 8. The van der Waals surface area contributed by atoms with Gasteiger partial charge >= 0.3 is 5.97 Å². The van der Waals surface area contributed by atoms with E-state index in [0.717, 1.165) is 10.5 Å². The molecule has 3 aliphatic rings. The van der Waals surface area contributed by atoms with Gasteiger partial charge in [0.1, 0.15) is 31.8 Å². The number of unbranched alkanes of at least 4 members (excludes halogenated alkanes) is 2. The van der Waals surface area contributed by atoms with Gasteiger partial charge in [0.25, 0.3) is 17.4 Å². The molecule has 368 valence electrons. The monoisotopic (exact) mass is 964 g/mol. The summed E-state index contributed by atoms with van der Waals surface area (Å²) in [6, 6.07) is 12.6. The first kappa shape index (κ1) is 50.2. The van der Waals surface area contributed by atoms with E-state index in [4.69, 9.17) is 14.5 Å². The number of hydrogen-bond donors (Lipinski definition) is 5. The zero-order valence-electron chi connectivity index (χ0n) is 38.9. The average molecular weight is 965 g/mol. The van der Waals surface area contributed by atoms with Crippen molar-refractivity contribution in [2.45, 2.75) is 90.8 Å². The van der Waals surface area contributed by atoms with Gasteiger partial charge in [-0.2, -0.15) is 0 Å². The minimum Gasteiger partial charge on any atom is -0.458 e. The predicted octanol–water partition coefficient (Wildman–Crippen LogP) is 1.37. The van der Waals surface area contributed by atoms with Crippen LogP contribution in [0.25, 0.3) is 22.3 Å². The Labute approximate surface area is 400 Å². The van der Waals surface area contributed by atoms with Crippen molar-refractivity contribution in [3.63, 3.8) is 0 Å². The molecule has 7 amide bonds. The fraction of sp³-hybridized carbons (Fsp3) is 0.388. The molecule has 2 aromatic heterocycles. The lowest BCUT2D eigenvalue weighted by atomic mass is 9.86. The summed E-state index contributed by atoms with van der Waals surface area (Å²) >= 11 is 0. The molecule has 0 saturated carbocycles. The highest BCUT2D eigenvalue weighted by Gasteiger charge is 2.45. The maximum Gasteiger partial charge on any atom is 0.343 e. The zero-order valence-corrected chi connectivity index (χ0v) is 38.9. The van der Waals surface area contributed by atoms with E-state index in [2.05, 4.69) is 21.3 Å². The molecule has 7 rings (SSSR count). The first-order valence-corrected chi connectivity index (χ1v) is 22.8. The Balaban J connectivity index is 0.931. The Morgan fingerprint density at radius 3 is 2.37 bits per heavy atom. The number of carbonyl (C=O) groups is 8. The highest BCUT2D eigenvalue weighted by molar-refractivity contribution is 6.12. The van der Waals surface area contributed by atoms with Crippen molar-refractivity contribution in [2.24, 2.45) is 0 Å². The van der Waals surface area contributed by atoms with Crippen molar-refractivity contribution >= 4 is 58.2 Å². The lowest BCUT2D eigenvalue weighted by Gasteiger charge is -2.31. The number of aromatic nitrogens is 2. The van der Waals surface area contributed by atoms with Gasteiger partial charge in [0.05, 0.1) is 42.1 Å². The van der Waals surface area contributed by atoms with Crippen molar-refractivity contribution in [3.8, 4) is 11.4 Å². The topological polar surface area (TPSA) is 265 Å². The van der Waals surface area contributed by atoms with Crippen LogP contribution in [0.3, 0.4) is 0 Å². The van der Waals surface area contributed by atoms with Crippen LogP contribution in [0.5, 0.6) is 0 Å². The minimum atomic E-state index is -2.06. The Kier molecular flexibility index (Phi) is 15.6. The number of esters is 1. The molecule has 2 aromatic carbocycles. The van der Waals surface area contributed by atoms with Gasteiger partial charge in [-0.05, 0) is 61.9 Å². The van der Waals surface area contributed by atoms with Crippen molar-refractivity contribution in [1.29, 1.82) is 0 Å². The van der Waals surface area contributed by atoms with Crippen LogP contribution in [0.4, 0.5) is 4.39 Å². The lowest BCUT2D eigenvalue weighted by molar-refractivity contribution is -0.172. The molecule has 0 radical (unpaired) electrons. The number of ether oxygens (including phenoxy) is 2. The second-order valence-electron chi connectivity index (χ2n) is 17.2. The molecule has 4 aromatic rings. The minimum absolute atomic E-state index is 0.0249. The van der Waals surface area contributed by atoms with Gasteiger partial charge in [0.15, 0.2) is 5.60 Å². The van der Waals surface area contributed by atoms with Gasteiger partial charge in [-0.1, -0.05) is 43.7 Å². The van der Waals surface area contributed by atoms with Gasteiger partial charge < -0.3 is 45.3 Å². The molecule has 20 nitrogen and oxygen atoms in total. The molecular formula is C49H53FN8O12. The molecule has 0 aliphatic carbocycles. The molecule has 70 heavy (non-hydrogen) atoms. The number of aryl methyl sites for hydroxylation is 1. The van der Waals surface area contributed by atoms with Gasteiger partial charge in [-0.3, -0.25) is 43.3 Å². The summed E-state index contributed by atoms with van der Waals surface area (Å²) < 4.78 is 27.4. The van der Waals surface area contributed by atoms with E-state index >= 15 is 4.39 Å². The van der Waals surface area contributed by atoms with E-state index in [-0.39, 0.29) is 80.6 Å². The summed E-state index contributed by atoms with van der Waals surface area (Å²) in [5.41, 5.74) is 0.871. The maximum atomic E-state index is 15.2. The van der Waals surface area contributed by atoms with E-state index in [1.807, 2.05) is 30.3 Å². The molecular weight excluding hydrogens is 912 g/mol. The number of rotatable bonds is 21. The van der Waals surface area contributed by atoms with E-state index < -0.39 is 78.4 Å². The third kappa shape index (κ3) is 11.1. The average Bonchev–Trinajstić information content (AvgIpc) is 3.87. The molecule has 21 heteroatoms. The van der Waals surface area contributed by atoms with E-state index in [9.17, 15) is 48.3 Å². The Hall–Kier alpha value is -7.65. The lowest BCUT2D eigenvalue weighted by Crippen LogP contribution is -2.49. The number of nitrogens with zero attached hydrogens (tertiary/aromatic N) is 4. The van der Waals surface area contributed by atoms with Crippen LogP contribution < -0.4 is 26.8 Å². The SMILES string of the molecule is CC[C@@]1(O)C(=O)OCc2c1cc1n(c2=O)Cc2c-1nc1cc(F)c(C)cc1c2CN(Cc1ccccc1)C(=O)COCNC(=O)CNC(=O)[C@H](C)NC(=O)CNC(=O)CCCCCN1C(=O)C=CC1=O.